The standard InChI is InChI=1S/C12H11ClN4OS/c1-5-2-9(18)16-17-10(5)6-3-7(13)11-8(4-6)19-12(14)15-11/h3-5H,2H2,1H3,(H2,14,15)(H,16,18). The first-order valence-electron chi connectivity index (χ1n) is 5.77. The van der Waals surface area contributed by atoms with Crippen molar-refractivity contribution in [3.63, 3.8) is 0 Å². The predicted molar refractivity (Wildman–Crippen MR) is 77.5 cm³/mol. The Morgan fingerprint density at radius 1 is 1.53 bits per heavy atom. The van der Waals surface area contributed by atoms with E-state index in [0.29, 0.717) is 22.1 Å². The highest BCUT2D eigenvalue weighted by Gasteiger charge is 2.22. The molecule has 1 aliphatic rings. The molecule has 1 aromatic heterocycles. The van der Waals surface area contributed by atoms with Crippen LogP contribution in [0.4, 0.5) is 5.13 Å². The van der Waals surface area contributed by atoms with E-state index < -0.39 is 0 Å². The minimum Gasteiger partial charge on any atom is -0.375 e. The summed E-state index contributed by atoms with van der Waals surface area (Å²) in [5.41, 5.74) is 10.6. The van der Waals surface area contributed by atoms with Crippen molar-refractivity contribution >= 4 is 49.9 Å². The van der Waals surface area contributed by atoms with Gasteiger partial charge in [0.15, 0.2) is 5.13 Å². The molecule has 1 amide bonds. The van der Waals surface area contributed by atoms with Crippen LogP contribution in [0.3, 0.4) is 0 Å². The van der Waals surface area contributed by atoms with E-state index >= 15 is 0 Å². The molecule has 19 heavy (non-hydrogen) atoms. The first-order valence-corrected chi connectivity index (χ1v) is 6.96. The minimum atomic E-state index is -0.0644. The van der Waals surface area contributed by atoms with Crippen LogP contribution in [0.2, 0.25) is 5.02 Å². The Hall–Kier alpha value is -1.66. The number of nitrogens with two attached hydrogens (primary N) is 1. The fourth-order valence-corrected chi connectivity index (χ4v) is 3.27. The van der Waals surface area contributed by atoms with E-state index in [-0.39, 0.29) is 11.8 Å². The lowest BCUT2D eigenvalue weighted by molar-refractivity contribution is -0.121. The molecule has 2 heterocycles. The molecule has 0 aliphatic carbocycles. The summed E-state index contributed by atoms with van der Waals surface area (Å²) in [6.45, 7) is 1.97. The molecule has 0 saturated heterocycles. The number of anilines is 1. The Bertz CT molecular complexity index is 709. The number of rotatable bonds is 1. The number of nitrogens with one attached hydrogen (secondary N) is 1. The average molecular weight is 295 g/mol. The maximum atomic E-state index is 11.3. The number of carbonyl (C=O) groups is 1. The molecular weight excluding hydrogens is 284 g/mol. The van der Waals surface area contributed by atoms with Gasteiger partial charge in [0.05, 0.1) is 15.4 Å². The molecule has 3 rings (SSSR count). The molecule has 0 saturated carbocycles. The molecule has 1 aromatic carbocycles. The maximum Gasteiger partial charge on any atom is 0.240 e. The lowest BCUT2D eigenvalue weighted by Gasteiger charge is -2.19. The predicted octanol–water partition coefficient (Wildman–Crippen LogP) is 2.39. The molecule has 0 fully saturated rings. The van der Waals surface area contributed by atoms with Gasteiger partial charge >= 0.3 is 0 Å². The van der Waals surface area contributed by atoms with Crippen LogP contribution < -0.4 is 11.2 Å². The number of carbonyl (C=O) groups excluding carboxylic acids is 1. The van der Waals surface area contributed by atoms with Gasteiger partial charge in [0.1, 0.15) is 5.52 Å². The largest absolute Gasteiger partial charge is 0.375 e. The number of halogens is 1. The van der Waals surface area contributed by atoms with Crippen molar-refractivity contribution in [1.29, 1.82) is 0 Å². The highest BCUT2D eigenvalue weighted by molar-refractivity contribution is 7.22. The number of hydrogen-bond donors (Lipinski definition) is 2. The number of nitrogens with zero attached hydrogens (tertiary/aromatic N) is 2. The highest BCUT2D eigenvalue weighted by atomic mass is 35.5. The number of hydrogen-bond acceptors (Lipinski definition) is 5. The molecular formula is C12H11ClN4OS. The van der Waals surface area contributed by atoms with Gasteiger partial charge in [0.2, 0.25) is 5.91 Å². The third-order valence-corrected chi connectivity index (χ3v) is 4.14. The van der Waals surface area contributed by atoms with Crippen LogP contribution in [0.5, 0.6) is 0 Å². The number of thiazole rings is 1. The van der Waals surface area contributed by atoms with Crippen molar-refractivity contribution < 1.29 is 4.79 Å². The Morgan fingerprint density at radius 3 is 3.05 bits per heavy atom. The number of hydrazone groups is 1. The number of nitrogen functional groups attached to an aromatic ring is 1. The molecule has 0 bridgehead atoms. The number of amides is 1. The van der Waals surface area contributed by atoms with Gasteiger partial charge in [-0.15, -0.1) is 0 Å². The number of benzene rings is 1. The van der Waals surface area contributed by atoms with Crippen LogP contribution in [-0.4, -0.2) is 16.6 Å². The van der Waals surface area contributed by atoms with E-state index in [1.54, 1.807) is 0 Å². The van der Waals surface area contributed by atoms with Crippen LogP contribution in [0.25, 0.3) is 10.2 Å². The van der Waals surface area contributed by atoms with Crippen LogP contribution in [0.1, 0.15) is 18.9 Å². The van der Waals surface area contributed by atoms with E-state index in [4.69, 9.17) is 17.3 Å². The molecule has 7 heteroatoms. The third kappa shape index (κ3) is 2.17. The topological polar surface area (TPSA) is 80.4 Å². The zero-order chi connectivity index (χ0) is 13.6. The Balaban J connectivity index is 2.13. The summed E-state index contributed by atoms with van der Waals surface area (Å²) < 4.78 is 0.923. The van der Waals surface area contributed by atoms with Crippen molar-refractivity contribution in [3.05, 3.63) is 22.7 Å². The maximum absolute atomic E-state index is 11.3. The van der Waals surface area contributed by atoms with E-state index in [2.05, 4.69) is 15.5 Å². The van der Waals surface area contributed by atoms with Gasteiger partial charge in [0, 0.05) is 17.9 Å². The van der Waals surface area contributed by atoms with Crippen molar-refractivity contribution in [2.75, 3.05) is 5.73 Å². The summed E-state index contributed by atoms with van der Waals surface area (Å²) in [6, 6.07) is 3.78. The molecule has 3 N–H and O–H groups in total. The van der Waals surface area contributed by atoms with Crippen molar-refractivity contribution in [2.24, 2.45) is 11.0 Å². The fourth-order valence-electron chi connectivity index (χ4n) is 2.16. The SMILES string of the molecule is CC1CC(=O)NN=C1c1cc(Cl)c2nc(N)sc2c1. The summed E-state index contributed by atoms with van der Waals surface area (Å²) in [5.74, 6) is -0.00186. The first kappa shape index (κ1) is 12.4. The highest BCUT2D eigenvalue weighted by Crippen LogP contribution is 2.32. The lowest BCUT2D eigenvalue weighted by atomic mass is 9.94. The summed E-state index contributed by atoms with van der Waals surface area (Å²) in [6.07, 6.45) is 0.430. The zero-order valence-corrected chi connectivity index (χ0v) is 11.7. The first-order chi connectivity index (χ1) is 9.04. The summed E-state index contributed by atoms with van der Waals surface area (Å²) >= 11 is 7.60. The Labute approximate surface area is 118 Å². The molecule has 1 aliphatic heterocycles. The molecule has 5 nitrogen and oxygen atoms in total. The molecule has 0 radical (unpaired) electrons. The van der Waals surface area contributed by atoms with E-state index in [1.165, 1.54) is 11.3 Å². The zero-order valence-electron chi connectivity index (χ0n) is 10.1. The second-order valence-corrected chi connectivity index (χ2v) is 5.96. The van der Waals surface area contributed by atoms with Gasteiger partial charge in [-0.3, -0.25) is 4.79 Å². The summed E-state index contributed by atoms with van der Waals surface area (Å²) in [5, 5.41) is 5.16. The van der Waals surface area contributed by atoms with Gasteiger partial charge < -0.3 is 5.73 Å². The van der Waals surface area contributed by atoms with Crippen molar-refractivity contribution in [2.45, 2.75) is 13.3 Å². The van der Waals surface area contributed by atoms with Gasteiger partial charge in [-0.25, -0.2) is 10.4 Å². The molecule has 0 spiro atoms. The number of aromatic nitrogens is 1. The molecule has 1 atom stereocenters. The fraction of sp³-hybridized carbons (Fsp3) is 0.250. The van der Waals surface area contributed by atoms with Gasteiger partial charge in [-0.1, -0.05) is 29.9 Å². The minimum absolute atomic E-state index is 0.0625. The van der Waals surface area contributed by atoms with Crippen molar-refractivity contribution in [1.82, 2.24) is 10.4 Å². The van der Waals surface area contributed by atoms with Gasteiger partial charge in [-0.2, -0.15) is 5.10 Å². The lowest BCUT2D eigenvalue weighted by Crippen LogP contribution is -2.31. The van der Waals surface area contributed by atoms with Crippen LogP contribution in [-0.2, 0) is 4.79 Å². The van der Waals surface area contributed by atoms with Gasteiger partial charge in [0.25, 0.3) is 0 Å². The van der Waals surface area contributed by atoms with Crippen LogP contribution in [0, 0.1) is 5.92 Å². The summed E-state index contributed by atoms with van der Waals surface area (Å²) in [7, 11) is 0. The van der Waals surface area contributed by atoms with Crippen molar-refractivity contribution in [3.8, 4) is 0 Å². The van der Waals surface area contributed by atoms with E-state index in [0.717, 1.165) is 16.0 Å². The quantitative estimate of drug-likeness (QED) is 0.847. The summed E-state index contributed by atoms with van der Waals surface area (Å²) in [4.78, 5) is 15.4. The molecule has 1 unspecified atom stereocenters. The van der Waals surface area contributed by atoms with Crippen LogP contribution >= 0.6 is 22.9 Å². The normalized spacial score (nSPS) is 19.4. The van der Waals surface area contributed by atoms with Gasteiger partial charge in [-0.05, 0) is 12.1 Å². The average Bonchev–Trinajstić information content (AvgIpc) is 2.70. The Morgan fingerprint density at radius 2 is 2.32 bits per heavy atom. The van der Waals surface area contributed by atoms with E-state index in [1.807, 2.05) is 19.1 Å². The molecule has 98 valence electrons. The van der Waals surface area contributed by atoms with Crippen LogP contribution in [0.15, 0.2) is 17.2 Å². The third-order valence-electron chi connectivity index (χ3n) is 3.02. The number of fused-ring (bicyclic) bond motifs is 1. The smallest absolute Gasteiger partial charge is 0.240 e. The monoisotopic (exact) mass is 294 g/mol. The van der Waals surface area contributed by atoms with E-state index in [9.17, 15) is 4.79 Å². The second kappa shape index (κ2) is 4.47. The Kier molecular flexibility index (Phi) is 2.91. The molecule has 2 aromatic rings. The second-order valence-electron chi connectivity index (χ2n) is 4.49.